The van der Waals surface area contributed by atoms with E-state index in [9.17, 15) is 24.6 Å². The van der Waals surface area contributed by atoms with E-state index in [2.05, 4.69) is 10.1 Å². The van der Waals surface area contributed by atoms with E-state index in [0.717, 1.165) is 13.8 Å². The molecule has 3 heterocycles. The molecular weight excluding hydrogens is 541 g/mol. The van der Waals surface area contributed by atoms with Crippen LogP contribution in [0, 0.1) is 11.8 Å². The van der Waals surface area contributed by atoms with Gasteiger partial charge in [0, 0.05) is 32.6 Å². The van der Waals surface area contributed by atoms with Crippen LogP contribution in [0.5, 0.6) is 0 Å². The van der Waals surface area contributed by atoms with Crippen LogP contribution < -0.4 is 0 Å². The minimum absolute atomic E-state index is 0.107. The summed E-state index contributed by atoms with van der Waals surface area (Å²) in [5, 5.41) is 38.6. The van der Waals surface area contributed by atoms with Gasteiger partial charge in [-0.05, 0) is 6.07 Å². The Hall–Kier alpha value is -3.49. The second-order valence-corrected chi connectivity index (χ2v) is 8.48. The highest BCUT2D eigenvalue weighted by Gasteiger charge is 2.48. The first-order valence-electron chi connectivity index (χ1n) is 10.4. The molecule has 0 unspecified atom stereocenters. The lowest BCUT2D eigenvalue weighted by molar-refractivity contribution is -0.147. The Morgan fingerprint density at radius 1 is 0.973 bits per heavy atom. The molecule has 1 aliphatic rings. The van der Waals surface area contributed by atoms with Gasteiger partial charge in [0.2, 0.25) is 0 Å². The number of esters is 1. The number of pyridine rings is 1. The van der Waals surface area contributed by atoms with Crippen LogP contribution in [-0.2, 0) is 33.4 Å². The summed E-state index contributed by atoms with van der Waals surface area (Å²) in [7, 11) is 0. The molecule has 0 amide bonds. The predicted octanol–water partition coefficient (Wildman–Crippen LogP) is 2.56. The van der Waals surface area contributed by atoms with Gasteiger partial charge in [-0.1, -0.05) is 23.2 Å². The monoisotopic (exact) mass is 565 g/mol. The van der Waals surface area contributed by atoms with Crippen molar-refractivity contribution in [3.05, 3.63) is 22.4 Å². The highest BCUT2D eigenvalue weighted by Crippen LogP contribution is 2.44. The van der Waals surface area contributed by atoms with Crippen molar-refractivity contribution in [1.29, 1.82) is 0 Å². The molecule has 1 fully saturated rings. The Labute approximate surface area is 219 Å². The number of halogens is 2. The molecule has 1 aliphatic heterocycles. The largest absolute Gasteiger partial charge is 0.481 e. The Morgan fingerprint density at radius 3 is 1.97 bits per heavy atom. The molecule has 1 saturated heterocycles. The molecule has 37 heavy (non-hydrogen) atoms. The molecule has 0 bridgehead atoms. The Bertz CT molecular complexity index is 1130. The van der Waals surface area contributed by atoms with Crippen LogP contribution in [0.4, 0.5) is 0 Å². The minimum atomic E-state index is -1.13. The number of hydrogen-bond acceptors (Lipinski definition) is 9. The fraction of sp³-hybridized carbons (Fsp3) is 0.476. The molecule has 3 rings (SSSR count). The van der Waals surface area contributed by atoms with Crippen molar-refractivity contribution in [2.75, 3.05) is 6.61 Å². The summed E-state index contributed by atoms with van der Waals surface area (Å²) in [4.78, 5) is 56.3. The van der Waals surface area contributed by atoms with Crippen molar-refractivity contribution in [3.63, 3.8) is 0 Å². The maximum atomic E-state index is 11.5. The zero-order valence-corrected chi connectivity index (χ0v) is 21.3. The molecule has 0 aromatic carbocycles. The first kappa shape index (κ1) is 31.5. The SMILES string of the molecule is CC(=O)O.CC(=O)O.CC(=O)OC[C@@H]1O[C@@H](n2ncc3c(Cl)cc(Cl)nc32)[C@H](CC(=O)O)[C@H]1CC(=O)O. The van der Waals surface area contributed by atoms with Crippen molar-refractivity contribution in [2.45, 2.75) is 45.9 Å². The Balaban J connectivity index is 0.000000751. The topological polar surface area (TPSA) is 215 Å². The summed E-state index contributed by atoms with van der Waals surface area (Å²) in [6, 6.07) is 1.44. The lowest BCUT2D eigenvalue weighted by Gasteiger charge is -2.21. The predicted molar refractivity (Wildman–Crippen MR) is 126 cm³/mol. The van der Waals surface area contributed by atoms with E-state index in [0.29, 0.717) is 10.4 Å². The second kappa shape index (κ2) is 14.3. The minimum Gasteiger partial charge on any atom is -0.481 e. The van der Waals surface area contributed by atoms with Gasteiger partial charge in [-0.25, -0.2) is 9.67 Å². The highest BCUT2D eigenvalue weighted by atomic mass is 35.5. The lowest BCUT2D eigenvalue weighted by atomic mass is 9.84. The lowest BCUT2D eigenvalue weighted by Crippen LogP contribution is -2.29. The summed E-state index contributed by atoms with van der Waals surface area (Å²) < 4.78 is 12.3. The van der Waals surface area contributed by atoms with E-state index in [-0.39, 0.29) is 30.2 Å². The zero-order chi connectivity index (χ0) is 28.4. The van der Waals surface area contributed by atoms with Crippen LogP contribution >= 0.6 is 23.2 Å². The number of nitrogens with zero attached hydrogens (tertiary/aromatic N) is 3. The van der Waals surface area contributed by atoms with Crippen LogP contribution in [0.25, 0.3) is 11.0 Å². The van der Waals surface area contributed by atoms with Crippen molar-refractivity contribution in [2.24, 2.45) is 11.8 Å². The summed E-state index contributed by atoms with van der Waals surface area (Å²) in [6.45, 7) is 3.16. The first-order valence-corrected chi connectivity index (χ1v) is 11.2. The standard InChI is InChI=1S/C17H17Cl2N3O7.2C2H4O2/c1-7(23)28-6-12-8(2-14(24)25)9(3-15(26)27)17(29-12)22-16-10(5-20-22)11(18)4-13(19)21-16;2*1-2(3)4/h4-5,8-9,12,17H,2-3,6H2,1H3,(H,24,25)(H,26,27);2*1H3,(H,3,4)/t8-,9-,12+,17-;;/m1../s1. The van der Waals surface area contributed by atoms with Gasteiger partial charge >= 0.3 is 17.9 Å². The van der Waals surface area contributed by atoms with Gasteiger partial charge in [-0.3, -0.25) is 24.0 Å². The van der Waals surface area contributed by atoms with Gasteiger partial charge in [-0.2, -0.15) is 5.10 Å². The smallest absolute Gasteiger partial charge is 0.303 e. The molecule has 0 spiro atoms. The number of carboxylic acids is 4. The van der Waals surface area contributed by atoms with Gasteiger partial charge in [0.05, 0.1) is 35.6 Å². The number of hydrogen-bond donors (Lipinski definition) is 4. The van der Waals surface area contributed by atoms with Crippen molar-refractivity contribution in [3.8, 4) is 0 Å². The highest BCUT2D eigenvalue weighted by molar-refractivity contribution is 6.37. The number of aromatic nitrogens is 3. The fourth-order valence-electron chi connectivity index (χ4n) is 3.55. The van der Waals surface area contributed by atoms with E-state index in [1.807, 2.05) is 0 Å². The molecule has 2 aromatic rings. The number of fused-ring (bicyclic) bond motifs is 1. The van der Waals surface area contributed by atoms with Crippen molar-refractivity contribution in [1.82, 2.24) is 14.8 Å². The van der Waals surface area contributed by atoms with E-state index in [4.69, 9.17) is 52.5 Å². The number of rotatable bonds is 7. The van der Waals surface area contributed by atoms with Crippen molar-refractivity contribution >= 4 is 64.1 Å². The fourth-order valence-corrected chi connectivity index (χ4v) is 4.03. The molecule has 204 valence electrons. The maximum Gasteiger partial charge on any atom is 0.303 e. The van der Waals surface area contributed by atoms with Crippen LogP contribution in [0.1, 0.15) is 39.8 Å². The van der Waals surface area contributed by atoms with E-state index in [1.165, 1.54) is 23.9 Å². The normalized spacial score (nSPS) is 20.1. The van der Waals surface area contributed by atoms with Crippen molar-refractivity contribution < 1.29 is 53.9 Å². The average molecular weight is 566 g/mol. The zero-order valence-electron chi connectivity index (χ0n) is 19.8. The van der Waals surface area contributed by atoms with Crippen LogP contribution in [0.2, 0.25) is 10.2 Å². The quantitative estimate of drug-likeness (QED) is 0.280. The molecule has 0 saturated carbocycles. The summed E-state index contributed by atoms with van der Waals surface area (Å²) in [5.74, 6) is -6.00. The third-order valence-corrected chi connectivity index (χ3v) is 5.21. The summed E-state index contributed by atoms with van der Waals surface area (Å²) in [5.41, 5.74) is 0.269. The van der Waals surface area contributed by atoms with Crippen LogP contribution in [-0.4, -0.2) is 77.7 Å². The molecule has 2 aromatic heterocycles. The molecule has 14 nitrogen and oxygen atoms in total. The summed E-state index contributed by atoms with van der Waals surface area (Å²) >= 11 is 12.2. The number of carbonyl (C=O) groups excluding carboxylic acids is 1. The van der Waals surface area contributed by atoms with Gasteiger partial charge in [0.25, 0.3) is 11.9 Å². The van der Waals surface area contributed by atoms with Crippen LogP contribution in [0.15, 0.2) is 12.3 Å². The maximum absolute atomic E-state index is 11.5. The number of ether oxygens (including phenoxy) is 2. The van der Waals surface area contributed by atoms with E-state index in [1.54, 1.807) is 0 Å². The Morgan fingerprint density at radius 2 is 1.49 bits per heavy atom. The molecule has 16 heteroatoms. The summed E-state index contributed by atoms with van der Waals surface area (Å²) in [6.07, 6.45) is -1.11. The number of aliphatic carboxylic acids is 4. The van der Waals surface area contributed by atoms with E-state index < -0.39 is 54.0 Å². The van der Waals surface area contributed by atoms with Gasteiger partial charge in [0.1, 0.15) is 11.8 Å². The first-order chi connectivity index (χ1) is 17.1. The average Bonchev–Trinajstić information content (AvgIpc) is 3.27. The molecule has 0 aliphatic carbocycles. The van der Waals surface area contributed by atoms with Gasteiger partial charge in [-0.15, -0.1) is 0 Å². The van der Waals surface area contributed by atoms with Gasteiger partial charge in [0.15, 0.2) is 11.9 Å². The number of carbonyl (C=O) groups is 5. The molecule has 4 N–H and O–H groups in total. The third-order valence-electron chi connectivity index (χ3n) is 4.71. The number of carboxylic acid groups (broad SMARTS) is 4. The molecular formula is C21H25Cl2N3O11. The second-order valence-electron chi connectivity index (χ2n) is 7.68. The van der Waals surface area contributed by atoms with Crippen LogP contribution in [0.3, 0.4) is 0 Å². The van der Waals surface area contributed by atoms with E-state index >= 15 is 0 Å². The molecule has 0 radical (unpaired) electrons. The van der Waals surface area contributed by atoms with Gasteiger partial charge < -0.3 is 29.9 Å². The Kier molecular flexibility index (Phi) is 12.2. The third kappa shape index (κ3) is 10.2. The molecule has 4 atom stereocenters.